The van der Waals surface area contributed by atoms with Gasteiger partial charge in [0.2, 0.25) is 0 Å². The number of esters is 1. The second kappa shape index (κ2) is 12.6. The SMILES string of the molecule is COC(=O)c1ccc2c(Cn3ccnc3)cn(CCCN3CCC(C(c4ccccc4)c4ccccc4)CC3)c2c1. The van der Waals surface area contributed by atoms with Crippen molar-refractivity contribution in [2.75, 3.05) is 26.7 Å². The van der Waals surface area contributed by atoms with Gasteiger partial charge in [0.25, 0.3) is 0 Å². The number of imidazole rings is 1. The lowest BCUT2D eigenvalue weighted by Crippen LogP contribution is -2.36. The average Bonchev–Trinajstić information content (AvgIpc) is 3.67. The number of carbonyl (C=O) groups excluding carboxylic acids is 1. The third kappa shape index (κ3) is 6.13. The molecule has 2 aromatic heterocycles. The van der Waals surface area contributed by atoms with Gasteiger partial charge in [0, 0.05) is 42.0 Å². The molecule has 0 radical (unpaired) electrons. The Hall–Kier alpha value is -4.16. The van der Waals surface area contributed by atoms with E-state index in [4.69, 9.17) is 4.74 Å². The number of hydrogen-bond donors (Lipinski definition) is 0. The lowest BCUT2D eigenvalue weighted by molar-refractivity contribution is 0.0601. The second-order valence-corrected chi connectivity index (χ2v) is 11.1. The summed E-state index contributed by atoms with van der Waals surface area (Å²) in [5, 5.41) is 1.17. The zero-order chi connectivity index (χ0) is 28.0. The molecular weight excluding hydrogens is 508 g/mol. The summed E-state index contributed by atoms with van der Waals surface area (Å²) >= 11 is 0. The third-order valence-electron chi connectivity index (χ3n) is 8.59. The molecule has 0 N–H and O–H groups in total. The Morgan fingerprint density at radius 2 is 1.66 bits per heavy atom. The third-order valence-corrected chi connectivity index (χ3v) is 8.59. The zero-order valence-electron chi connectivity index (χ0n) is 23.7. The summed E-state index contributed by atoms with van der Waals surface area (Å²) in [6.07, 6.45) is 11.3. The van der Waals surface area contributed by atoms with Crippen molar-refractivity contribution >= 4 is 16.9 Å². The van der Waals surface area contributed by atoms with Crippen molar-refractivity contribution in [2.45, 2.75) is 38.3 Å². The van der Waals surface area contributed by atoms with Crippen molar-refractivity contribution in [1.82, 2.24) is 19.0 Å². The van der Waals surface area contributed by atoms with Crippen LogP contribution in [0.2, 0.25) is 0 Å². The van der Waals surface area contributed by atoms with Crippen molar-refractivity contribution in [2.24, 2.45) is 5.92 Å². The first kappa shape index (κ1) is 27.0. The number of fused-ring (bicyclic) bond motifs is 1. The predicted octanol–water partition coefficient (Wildman–Crippen LogP) is 6.61. The maximum Gasteiger partial charge on any atom is 0.337 e. The minimum absolute atomic E-state index is 0.303. The number of nitrogens with zero attached hydrogens (tertiary/aromatic N) is 4. The highest BCUT2D eigenvalue weighted by molar-refractivity contribution is 5.95. The van der Waals surface area contributed by atoms with Gasteiger partial charge in [-0.2, -0.15) is 0 Å². The maximum atomic E-state index is 12.3. The van der Waals surface area contributed by atoms with E-state index in [9.17, 15) is 4.79 Å². The Morgan fingerprint density at radius 3 is 2.29 bits per heavy atom. The molecule has 3 heterocycles. The number of methoxy groups -OCH3 is 1. The number of ether oxygens (including phenoxy) is 1. The van der Waals surface area contributed by atoms with E-state index in [0.29, 0.717) is 17.4 Å². The fourth-order valence-electron chi connectivity index (χ4n) is 6.53. The Labute approximate surface area is 242 Å². The number of carbonyl (C=O) groups is 1. The molecule has 0 unspecified atom stereocenters. The van der Waals surface area contributed by atoms with Crippen molar-refractivity contribution < 1.29 is 9.53 Å². The first-order valence-electron chi connectivity index (χ1n) is 14.7. The van der Waals surface area contributed by atoms with Crippen LogP contribution in [0.4, 0.5) is 0 Å². The molecule has 6 heteroatoms. The molecule has 0 aliphatic carbocycles. The van der Waals surface area contributed by atoms with Gasteiger partial charge >= 0.3 is 5.97 Å². The average molecular weight is 547 g/mol. The standard InChI is InChI=1S/C35H38N4O2/c1-41-35(40)30-13-14-32-31(24-38-22-17-36-26-38)25-39(33(32)23-30)19-8-18-37-20-15-29(16-21-37)34(27-9-4-2-5-10-27)28-11-6-3-7-12-28/h2-7,9-14,17,22-23,25-26,29,34H,8,15-16,18-21,24H2,1H3. The van der Waals surface area contributed by atoms with Crippen LogP contribution in [0, 0.1) is 5.92 Å². The lowest BCUT2D eigenvalue weighted by Gasteiger charge is -2.36. The monoisotopic (exact) mass is 546 g/mol. The molecule has 6 nitrogen and oxygen atoms in total. The summed E-state index contributed by atoms with van der Waals surface area (Å²) in [5.41, 5.74) is 5.74. The highest BCUT2D eigenvalue weighted by Crippen LogP contribution is 2.38. The molecule has 210 valence electrons. The summed E-state index contributed by atoms with van der Waals surface area (Å²) in [6.45, 7) is 4.98. The molecule has 0 atom stereocenters. The van der Waals surface area contributed by atoms with Gasteiger partial charge in [-0.05, 0) is 73.6 Å². The van der Waals surface area contributed by atoms with Gasteiger partial charge in [0.1, 0.15) is 0 Å². The van der Waals surface area contributed by atoms with E-state index >= 15 is 0 Å². The molecule has 0 amide bonds. The molecule has 41 heavy (non-hydrogen) atoms. The minimum atomic E-state index is -0.303. The molecule has 1 fully saturated rings. The van der Waals surface area contributed by atoms with Gasteiger partial charge in [-0.1, -0.05) is 66.7 Å². The van der Waals surface area contributed by atoms with Crippen LogP contribution in [0.1, 0.15) is 52.2 Å². The number of rotatable bonds is 10. The Kier molecular flexibility index (Phi) is 8.28. The molecular formula is C35H38N4O2. The van der Waals surface area contributed by atoms with Crippen LogP contribution in [0.3, 0.4) is 0 Å². The fraction of sp³-hybridized carbons (Fsp3) is 0.314. The molecule has 5 aromatic rings. The van der Waals surface area contributed by atoms with Crippen molar-refractivity contribution in [3.63, 3.8) is 0 Å². The lowest BCUT2D eigenvalue weighted by atomic mass is 9.76. The molecule has 3 aromatic carbocycles. The fourth-order valence-corrected chi connectivity index (χ4v) is 6.53. The molecule has 6 rings (SSSR count). The normalized spacial score (nSPS) is 14.6. The second-order valence-electron chi connectivity index (χ2n) is 11.1. The smallest absolute Gasteiger partial charge is 0.337 e. The summed E-state index contributed by atoms with van der Waals surface area (Å²) < 4.78 is 9.38. The summed E-state index contributed by atoms with van der Waals surface area (Å²) in [6, 6.07) is 27.9. The zero-order valence-corrected chi connectivity index (χ0v) is 23.7. The largest absolute Gasteiger partial charge is 0.465 e. The van der Waals surface area contributed by atoms with Crippen molar-refractivity contribution in [1.29, 1.82) is 0 Å². The predicted molar refractivity (Wildman–Crippen MR) is 163 cm³/mol. The van der Waals surface area contributed by atoms with E-state index in [0.717, 1.165) is 44.7 Å². The number of piperidine rings is 1. The molecule has 0 spiro atoms. The van der Waals surface area contributed by atoms with Crippen molar-refractivity contribution in [3.05, 3.63) is 126 Å². The van der Waals surface area contributed by atoms with Crippen LogP contribution in [0.15, 0.2) is 104 Å². The molecule has 1 aliphatic heterocycles. The number of likely N-dealkylation sites (tertiary alicyclic amines) is 1. The summed E-state index contributed by atoms with van der Waals surface area (Å²) in [7, 11) is 1.43. The van der Waals surface area contributed by atoms with Crippen LogP contribution in [0.25, 0.3) is 10.9 Å². The van der Waals surface area contributed by atoms with Gasteiger partial charge in [0.05, 0.1) is 25.5 Å². The van der Waals surface area contributed by atoms with Gasteiger partial charge in [-0.3, -0.25) is 0 Å². The maximum absolute atomic E-state index is 12.3. The first-order chi connectivity index (χ1) is 20.2. The molecule has 1 aliphatic rings. The number of benzene rings is 3. The Morgan fingerprint density at radius 1 is 0.951 bits per heavy atom. The van der Waals surface area contributed by atoms with Crippen molar-refractivity contribution in [3.8, 4) is 0 Å². The van der Waals surface area contributed by atoms with Crippen LogP contribution >= 0.6 is 0 Å². The first-order valence-corrected chi connectivity index (χ1v) is 14.7. The summed E-state index contributed by atoms with van der Waals surface area (Å²) in [5.74, 6) is 0.790. The number of aryl methyl sites for hydroxylation is 1. The van der Waals surface area contributed by atoms with Crippen LogP contribution < -0.4 is 0 Å². The van der Waals surface area contributed by atoms with E-state index in [1.54, 1.807) is 6.20 Å². The van der Waals surface area contributed by atoms with Gasteiger partial charge < -0.3 is 18.8 Å². The van der Waals surface area contributed by atoms with Gasteiger partial charge in [-0.15, -0.1) is 0 Å². The van der Waals surface area contributed by atoms with Gasteiger partial charge in [-0.25, -0.2) is 9.78 Å². The highest BCUT2D eigenvalue weighted by atomic mass is 16.5. The Bertz CT molecular complexity index is 1510. The highest BCUT2D eigenvalue weighted by Gasteiger charge is 2.28. The van der Waals surface area contributed by atoms with E-state index in [2.05, 4.69) is 85.9 Å². The van der Waals surface area contributed by atoms with Crippen LogP contribution in [-0.4, -0.2) is 51.7 Å². The Balaban J connectivity index is 1.12. The summed E-state index contributed by atoms with van der Waals surface area (Å²) in [4.78, 5) is 19.1. The molecule has 0 bridgehead atoms. The van der Waals surface area contributed by atoms with E-state index in [1.165, 1.54) is 42.0 Å². The minimum Gasteiger partial charge on any atom is -0.465 e. The topological polar surface area (TPSA) is 52.3 Å². The molecule has 0 saturated carbocycles. The van der Waals surface area contributed by atoms with Gasteiger partial charge in [0.15, 0.2) is 0 Å². The number of hydrogen-bond acceptors (Lipinski definition) is 4. The van der Waals surface area contributed by atoms with E-state index in [-0.39, 0.29) is 5.97 Å². The quantitative estimate of drug-likeness (QED) is 0.185. The molecule has 1 saturated heterocycles. The van der Waals surface area contributed by atoms with E-state index < -0.39 is 0 Å². The van der Waals surface area contributed by atoms with Crippen LogP contribution in [-0.2, 0) is 17.8 Å². The van der Waals surface area contributed by atoms with Crippen LogP contribution in [0.5, 0.6) is 0 Å². The van der Waals surface area contributed by atoms with E-state index in [1.807, 2.05) is 30.7 Å². The number of aromatic nitrogens is 3.